The van der Waals surface area contributed by atoms with E-state index in [2.05, 4.69) is 4.98 Å². The van der Waals surface area contributed by atoms with Crippen molar-refractivity contribution in [2.45, 2.75) is 20.0 Å². The van der Waals surface area contributed by atoms with E-state index in [1.807, 2.05) is 12.3 Å². The first-order valence-electron chi connectivity index (χ1n) is 4.94. The second kappa shape index (κ2) is 4.31. The minimum absolute atomic E-state index is 0.258. The smallest absolute Gasteiger partial charge is 0.131 e. The van der Waals surface area contributed by atoms with E-state index in [0.29, 0.717) is 16.1 Å². The molecular weight excluding hydrogens is 225 g/mol. The molecule has 1 aromatic carbocycles. The molecule has 0 aliphatic heterocycles. The van der Waals surface area contributed by atoms with Gasteiger partial charge in [-0.1, -0.05) is 12.1 Å². The van der Waals surface area contributed by atoms with Crippen molar-refractivity contribution in [3.05, 3.63) is 51.2 Å². The SMILES string of the molecule is Cc1csc(C(O)c2ccc(F)c(C)c2)n1. The van der Waals surface area contributed by atoms with Crippen LogP contribution in [-0.4, -0.2) is 10.1 Å². The molecule has 0 saturated heterocycles. The van der Waals surface area contributed by atoms with Gasteiger partial charge in [-0.3, -0.25) is 0 Å². The van der Waals surface area contributed by atoms with E-state index in [0.717, 1.165) is 5.69 Å². The highest BCUT2D eigenvalue weighted by Crippen LogP contribution is 2.25. The lowest BCUT2D eigenvalue weighted by atomic mass is 10.1. The minimum atomic E-state index is -0.766. The van der Waals surface area contributed by atoms with Gasteiger partial charge >= 0.3 is 0 Å². The molecule has 0 saturated carbocycles. The van der Waals surface area contributed by atoms with Crippen LogP contribution in [0.1, 0.15) is 27.9 Å². The van der Waals surface area contributed by atoms with E-state index in [1.54, 1.807) is 19.1 Å². The summed E-state index contributed by atoms with van der Waals surface area (Å²) >= 11 is 1.41. The fourth-order valence-electron chi connectivity index (χ4n) is 1.48. The summed E-state index contributed by atoms with van der Waals surface area (Å²) in [5, 5.41) is 12.6. The van der Waals surface area contributed by atoms with Crippen molar-refractivity contribution in [3.8, 4) is 0 Å². The number of nitrogens with zero attached hydrogens (tertiary/aromatic N) is 1. The standard InChI is InChI=1S/C12H12FNOS/c1-7-5-9(3-4-10(7)13)11(15)12-14-8(2)6-16-12/h3-6,11,15H,1-2H3. The Balaban J connectivity index is 2.33. The quantitative estimate of drug-likeness (QED) is 0.871. The number of hydrogen-bond acceptors (Lipinski definition) is 3. The highest BCUT2D eigenvalue weighted by Gasteiger charge is 2.14. The third kappa shape index (κ3) is 2.13. The number of hydrogen-bond donors (Lipinski definition) is 1. The zero-order chi connectivity index (χ0) is 11.7. The van der Waals surface area contributed by atoms with E-state index in [4.69, 9.17) is 0 Å². The van der Waals surface area contributed by atoms with E-state index in [-0.39, 0.29) is 5.82 Å². The topological polar surface area (TPSA) is 33.1 Å². The van der Waals surface area contributed by atoms with Gasteiger partial charge < -0.3 is 5.11 Å². The molecule has 0 radical (unpaired) electrons. The molecule has 1 N–H and O–H groups in total. The summed E-state index contributed by atoms with van der Waals surface area (Å²) in [5.41, 5.74) is 2.09. The summed E-state index contributed by atoms with van der Waals surface area (Å²) < 4.78 is 13.1. The van der Waals surface area contributed by atoms with Crippen molar-refractivity contribution in [2.24, 2.45) is 0 Å². The number of rotatable bonds is 2. The average molecular weight is 237 g/mol. The molecule has 1 aromatic heterocycles. The fraction of sp³-hybridized carbons (Fsp3) is 0.250. The maximum Gasteiger partial charge on any atom is 0.131 e. The number of aryl methyl sites for hydroxylation is 2. The van der Waals surface area contributed by atoms with Gasteiger partial charge in [0.25, 0.3) is 0 Å². The third-order valence-corrected chi connectivity index (χ3v) is 3.38. The molecule has 0 aliphatic carbocycles. The van der Waals surface area contributed by atoms with Gasteiger partial charge in [0, 0.05) is 11.1 Å². The lowest BCUT2D eigenvalue weighted by Crippen LogP contribution is -2.00. The molecule has 2 aromatic rings. The molecule has 1 unspecified atom stereocenters. The van der Waals surface area contributed by atoms with Crippen LogP contribution in [-0.2, 0) is 0 Å². The lowest BCUT2D eigenvalue weighted by Gasteiger charge is -2.08. The van der Waals surface area contributed by atoms with Crippen LogP contribution >= 0.6 is 11.3 Å². The zero-order valence-electron chi connectivity index (χ0n) is 9.07. The maximum atomic E-state index is 13.1. The predicted octanol–water partition coefficient (Wildman–Crippen LogP) is 2.98. The molecule has 16 heavy (non-hydrogen) atoms. The van der Waals surface area contributed by atoms with Crippen molar-refractivity contribution < 1.29 is 9.50 Å². The van der Waals surface area contributed by atoms with Gasteiger partial charge in [-0.15, -0.1) is 11.3 Å². The first-order chi connectivity index (χ1) is 7.58. The second-order valence-corrected chi connectivity index (χ2v) is 4.63. The highest BCUT2D eigenvalue weighted by molar-refractivity contribution is 7.09. The van der Waals surface area contributed by atoms with Crippen LogP contribution in [0.2, 0.25) is 0 Å². The predicted molar refractivity (Wildman–Crippen MR) is 62.0 cm³/mol. The molecule has 0 amide bonds. The Hall–Kier alpha value is -1.26. The molecule has 4 heteroatoms. The summed E-state index contributed by atoms with van der Waals surface area (Å²) in [6.07, 6.45) is -0.766. The van der Waals surface area contributed by atoms with Crippen molar-refractivity contribution >= 4 is 11.3 Å². The normalized spacial score (nSPS) is 12.8. The van der Waals surface area contributed by atoms with E-state index >= 15 is 0 Å². The Bertz CT molecular complexity index is 509. The van der Waals surface area contributed by atoms with Crippen molar-refractivity contribution in [3.63, 3.8) is 0 Å². The van der Waals surface area contributed by atoms with Gasteiger partial charge in [-0.05, 0) is 31.0 Å². The number of thiazole rings is 1. The van der Waals surface area contributed by atoms with Crippen LogP contribution in [0.3, 0.4) is 0 Å². The summed E-state index contributed by atoms with van der Waals surface area (Å²) in [4.78, 5) is 4.21. The van der Waals surface area contributed by atoms with Gasteiger partial charge in [0.05, 0.1) is 0 Å². The molecule has 2 nitrogen and oxygen atoms in total. The molecule has 0 bridgehead atoms. The first kappa shape index (κ1) is 11.2. The van der Waals surface area contributed by atoms with Crippen LogP contribution in [0.4, 0.5) is 4.39 Å². The summed E-state index contributed by atoms with van der Waals surface area (Å²) in [5.74, 6) is -0.258. The van der Waals surface area contributed by atoms with Crippen molar-refractivity contribution in [2.75, 3.05) is 0 Å². The Labute approximate surface area is 97.4 Å². The summed E-state index contributed by atoms with van der Waals surface area (Å²) in [7, 11) is 0. The fourth-order valence-corrected chi connectivity index (χ4v) is 2.28. The molecule has 1 atom stereocenters. The number of aliphatic hydroxyl groups excluding tert-OH is 1. The Morgan fingerprint density at radius 2 is 2.12 bits per heavy atom. The minimum Gasteiger partial charge on any atom is -0.381 e. The Morgan fingerprint density at radius 3 is 2.69 bits per heavy atom. The average Bonchev–Trinajstić information content (AvgIpc) is 2.68. The van der Waals surface area contributed by atoms with Crippen molar-refractivity contribution in [1.29, 1.82) is 0 Å². The number of benzene rings is 1. The van der Waals surface area contributed by atoms with E-state index < -0.39 is 6.10 Å². The Kier molecular flexibility index (Phi) is 3.03. The van der Waals surface area contributed by atoms with Crippen LogP contribution in [0.25, 0.3) is 0 Å². The number of aliphatic hydroxyl groups is 1. The first-order valence-corrected chi connectivity index (χ1v) is 5.82. The highest BCUT2D eigenvalue weighted by atomic mass is 32.1. The van der Waals surface area contributed by atoms with Crippen molar-refractivity contribution in [1.82, 2.24) is 4.98 Å². The second-order valence-electron chi connectivity index (χ2n) is 3.74. The van der Waals surface area contributed by atoms with E-state index in [1.165, 1.54) is 17.4 Å². The largest absolute Gasteiger partial charge is 0.381 e. The lowest BCUT2D eigenvalue weighted by molar-refractivity contribution is 0.219. The van der Waals surface area contributed by atoms with Crippen LogP contribution in [0.15, 0.2) is 23.6 Å². The van der Waals surface area contributed by atoms with Gasteiger partial charge in [0.15, 0.2) is 0 Å². The molecular formula is C12H12FNOS. The summed E-state index contributed by atoms with van der Waals surface area (Å²) in [6, 6.07) is 4.61. The molecule has 84 valence electrons. The van der Waals surface area contributed by atoms with Gasteiger partial charge in [-0.25, -0.2) is 9.37 Å². The molecule has 2 rings (SSSR count). The monoisotopic (exact) mass is 237 g/mol. The molecule has 1 heterocycles. The Morgan fingerprint density at radius 1 is 1.38 bits per heavy atom. The number of aromatic nitrogens is 1. The molecule has 0 fully saturated rings. The zero-order valence-corrected chi connectivity index (χ0v) is 9.88. The molecule has 0 spiro atoms. The van der Waals surface area contributed by atoms with Crippen LogP contribution < -0.4 is 0 Å². The van der Waals surface area contributed by atoms with Gasteiger partial charge in [0.1, 0.15) is 16.9 Å². The van der Waals surface area contributed by atoms with Crippen LogP contribution in [0.5, 0.6) is 0 Å². The van der Waals surface area contributed by atoms with E-state index in [9.17, 15) is 9.50 Å². The maximum absolute atomic E-state index is 13.1. The number of halogens is 1. The van der Waals surface area contributed by atoms with Gasteiger partial charge in [-0.2, -0.15) is 0 Å². The molecule has 0 aliphatic rings. The van der Waals surface area contributed by atoms with Crippen LogP contribution in [0, 0.1) is 19.7 Å². The summed E-state index contributed by atoms with van der Waals surface area (Å²) in [6.45, 7) is 3.56. The third-order valence-electron chi connectivity index (χ3n) is 2.37. The van der Waals surface area contributed by atoms with Gasteiger partial charge in [0.2, 0.25) is 0 Å².